The van der Waals surface area contributed by atoms with Gasteiger partial charge in [-0.3, -0.25) is 4.79 Å². The van der Waals surface area contributed by atoms with Crippen molar-refractivity contribution >= 4 is 17.5 Å². The number of thioether (sulfide) groups is 1. The molecule has 1 aromatic carbocycles. The quantitative estimate of drug-likeness (QED) is 0.810. The van der Waals surface area contributed by atoms with Crippen LogP contribution in [-0.4, -0.2) is 16.3 Å². The minimum absolute atomic E-state index is 0.0752. The van der Waals surface area contributed by atoms with Crippen LogP contribution in [0, 0.1) is 5.92 Å². The third-order valence-corrected chi connectivity index (χ3v) is 5.63. The van der Waals surface area contributed by atoms with Crippen molar-refractivity contribution in [1.82, 2.24) is 0 Å². The summed E-state index contributed by atoms with van der Waals surface area (Å²) in [4.78, 5) is 12.5. The topological polar surface area (TPSA) is 17.1 Å². The van der Waals surface area contributed by atoms with Crippen LogP contribution >= 0.6 is 11.8 Å². The first kappa shape index (κ1) is 11.3. The van der Waals surface area contributed by atoms with Crippen LogP contribution in [0.25, 0.3) is 0 Å². The molecule has 2 fully saturated rings. The van der Waals surface area contributed by atoms with E-state index in [2.05, 4.69) is 31.2 Å². The maximum atomic E-state index is 12.5. The average Bonchev–Trinajstić information content (AvgIpc) is 3.05. The highest BCUT2D eigenvalue weighted by atomic mass is 32.2. The maximum Gasteiger partial charge on any atom is 0.152 e. The van der Waals surface area contributed by atoms with Crippen molar-refractivity contribution in [3.05, 3.63) is 35.9 Å². The van der Waals surface area contributed by atoms with Gasteiger partial charge in [-0.1, -0.05) is 30.3 Å². The van der Waals surface area contributed by atoms with E-state index < -0.39 is 0 Å². The van der Waals surface area contributed by atoms with Gasteiger partial charge in [-0.15, -0.1) is 11.8 Å². The Balaban J connectivity index is 1.71. The van der Waals surface area contributed by atoms with E-state index in [1.54, 1.807) is 0 Å². The number of hydrogen-bond donors (Lipinski definition) is 0. The van der Waals surface area contributed by atoms with Gasteiger partial charge in [0.1, 0.15) is 0 Å². The smallest absolute Gasteiger partial charge is 0.152 e. The highest BCUT2D eigenvalue weighted by molar-refractivity contribution is 8.01. The van der Waals surface area contributed by atoms with Crippen LogP contribution in [-0.2, 0) is 4.79 Å². The minimum Gasteiger partial charge on any atom is -0.298 e. The summed E-state index contributed by atoms with van der Waals surface area (Å²) >= 11 is 1.87. The normalized spacial score (nSPS) is 35.8. The van der Waals surface area contributed by atoms with Gasteiger partial charge < -0.3 is 0 Å². The summed E-state index contributed by atoms with van der Waals surface area (Å²) in [7, 11) is 0. The molecule has 3 atom stereocenters. The minimum atomic E-state index is -0.0752. The van der Waals surface area contributed by atoms with E-state index in [0.717, 1.165) is 18.6 Å². The number of carbonyl (C=O) groups is 1. The summed E-state index contributed by atoms with van der Waals surface area (Å²) in [5.74, 6) is 2.47. The molecule has 2 heteroatoms. The van der Waals surface area contributed by atoms with Crippen LogP contribution < -0.4 is 0 Å². The summed E-state index contributed by atoms with van der Waals surface area (Å²) in [5, 5.41) is 0. The lowest BCUT2D eigenvalue weighted by Crippen LogP contribution is -2.30. The summed E-state index contributed by atoms with van der Waals surface area (Å²) in [6.07, 6.45) is 3.35. The lowest BCUT2D eigenvalue weighted by Gasteiger charge is -2.20. The SMILES string of the molecule is CC1(C(=O)C2CC2c2ccccc2)CCCS1. The largest absolute Gasteiger partial charge is 0.298 e. The fourth-order valence-electron chi connectivity index (χ4n) is 2.92. The molecule has 3 unspecified atom stereocenters. The summed E-state index contributed by atoms with van der Waals surface area (Å²) in [5.41, 5.74) is 1.34. The number of Topliss-reactive ketones (excluding diaryl/α,β-unsaturated/α-hetero) is 1. The molecule has 2 aliphatic rings. The molecular weight excluding hydrogens is 228 g/mol. The van der Waals surface area contributed by atoms with Crippen LogP contribution in [0.15, 0.2) is 30.3 Å². The van der Waals surface area contributed by atoms with Crippen LogP contribution in [0.2, 0.25) is 0 Å². The van der Waals surface area contributed by atoms with E-state index in [1.807, 2.05) is 17.8 Å². The zero-order valence-electron chi connectivity index (χ0n) is 10.2. The van der Waals surface area contributed by atoms with Gasteiger partial charge in [-0.2, -0.15) is 0 Å². The van der Waals surface area contributed by atoms with Gasteiger partial charge in [0.25, 0.3) is 0 Å². The Kier molecular flexibility index (Phi) is 2.78. The molecule has 0 spiro atoms. The van der Waals surface area contributed by atoms with Crippen LogP contribution in [0.5, 0.6) is 0 Å². The molecule has 1 saturated heterocycles. The molecule has 0 aromatic heterocycles. The summed E-state index contributed by atoms with van der Waals surface area (Å²) < 4.78 is -0.0752. The first-order valence-corrected chi connectivity index (χ1v) is 7.42. The summed E-state index contributed by atoms with van der Waals surface area (Å²) in [6, 6.07) is 10.5. The van der Waals surface area contributed by atoms with Crippen LogP contribution in [0.4, 0.5) is 0 Å². The van der Waals surface area contributed by atoms with Crippen molar-refractivity contribution in [2.24, 2.45) is 5.92 Å². The van der Waals surface area contributed by atoms with Crippen LogP contribution in [0.1, 0.15) is 37.7 Å². The molecule has 0 radical (unpaired) electrons. The Morgan fingerprint density at radius 1 is 1.35 bits per heavy atom. The predicted octanol–water partition coefficient (Wildman–Crippen LogP) is 3.64. The third-order valence-electron chi connectivity index (χ3n) is 4.09. The molecule has 17 heavy (non-hydrogen) atoms. The first-order valence-electron chi connectivity index (χ1n) is 6.44. The van der Waals surface area contributed by atoms with Crippen molar-refractivity contribution in [2.45, 2.75) is 36.9 Å². The molecular formula is C15H18OS. The van der Waals surface area contributed by atoms with E-state index in [4.69, 9.17) is 0 Å². The number of carbonyl (C=O) groups excluding carboxylic acids is 1. The lowest BCUT2D eigenvalue weighted by molar-refractivity contribution is -0.122. The molecule has 0 amide bonds. The van der Waals surface area contributed by atoms with Gasteiger partial charge >= 0.3 is 0 Å². The lowest BCUT2D eigenvalue weighted by atomic mass is 9.95. The van der Waals surface area contributed by atoms with E-state index in [-0.39, 0.29) is 4.75 Å². The fourth-order valence-corrected chi connectivity index (χ4v) is 4.24. The second-order valence-corrected chi connectivity index (χ2v) is 7.00. The third kappa shape index (κ3) is 2.03. The Morgan fingerprint density at radius 3 is 2.76 bits per heavy atom. The zero-order valence-corrected chi connectivity index (χ0v) is 11.0. The molecule has 1 aromatic rings. The van der Waals surface area contributed by atoms with Gasteiger partial charge in [0.15, 0.2) is 5.78 Å². The van der Waals surface area contributed by atoms with Gasteiger partial charge in [0.2, 0.25) is 0 Å². The van der Waals surface area contributed by atoms with Crippen molar-refractivity contribution in [2.75, 3.05) is 5.75 Å². The molecule has 1 heterocycles. The number of ketones is 1. The highest BCUT2D eigenvalue weighted by Gasteiger charge is 2.51. The first-order chi connectivity index (χ1) is 8.21. The second-order valence-electron chi connectivity index (χ2n) is 5.41. The molecule has 1 aliphatic heterocycles. The maximum absolute atomic E-state index is 12.5. The van der Waals surface area contributed by atoms with Crippen molar-refractivity contribution in [1.29, 1.82) is 0 Å². The molecule has 0 bridgehead atoms. The van der Waals surface area contributed by atoms with Crippen LogP contribution in [0.3, 0.4) is 0 Å². The molecule has 0 N–H and O–H groups in total. The van der Waals surface area contributed by atoms with E-state index in [9.17, 15) is 4.79 Å². The fraction of sp³-hybridized carbons (Fsp3) is 0.533. The molecule has 1 nitrogen and oxygen atoms in total. The highest BCUT2D eigenvalue weighted by Crippen LogP contribution is 2.53. The number of benzene rings is 1. The molecule has 1 aliphatic carbocycles. The number of hydrogen-bond acceptors (Lipinski definition) is 2. The Morgan fingerprint density at radius 2 is 2.12 bits per heavy atom. The molecule has 90 valence electrons. The monoisotopic (exact) mass is 246 g/mol. The van der Waals surface area contributed by atoms with Gasteiger partial charge in [0.05, 0.1) is 4.75 Å². The van der Waals surface area contributed by atoms with E-state index in [0.29, 0.717) is 17.6 Å². The zero-order chi connectivity index (χ0) is 11.9. The summed E-state index contributed by atoms with van der Waals surface area (Å²) in [6.45, 7) is 2.15. The Labute approximate surface area is 107 Å². The second kappa shape index (κ2) is 4.16. The standard InChI is InChI=1S/C15H18OS/c1-15(8-5-9-17-15)14(16)13-10-12(13)11-6-3-2-4-7-11/h2-4,6-7,12-13H,5,8-10H2,1H3. The van der Waals surface area contributed by atoms with Crippen molar-refractivity contribution in [3.63, 3.8) is 0 Å². The number of rotatable bonds is 3. The molecule has 3 rings (SSSR count). The average molecular weight is 246 g/mol. The Hall–Kier alpha value is -0.760. The van der Waals surface area contributed by atoms with Crippen molar-refractivity contribution < 1.29 is 4.79 Å². The van der Waals surface area contributed by atoms with Crippen molar-refractivity contribution in [3.8, 4) is 0 Å². The Bertz CT molecular complexity index is 420. The van der Waals surface area contributed by atoms with Gasteiger partial charge in [0, 0.05) is 5.92 Å². The van der Waals surface area contributed by atoms with E-state index >= 15 is 0 Å². The molecule has 1 saturated carbocycles. The van der Waals surface area contributed by atoms with Gasteiger partial charge in [-0.25, -0.2) is 0 Å². The van der Waals surface area contributed by atoms with Gasteiger partial charge in [-0.05, 0) is 43.4 Å². The van der Waals surface area contributed by atoms with E-state index in [1.165, 1.54) is 12.0 Å². The predicted molar refractivity (Wildman–Crippen MR) is 72.4 cm³/mol.